The van der Waals surface area contributed by atoms with Crippen molar-refractivity contribution < 1.29 is 4.74 Å². The first-order valence-electron chi connectivity index (χ1n) is 8.57. The predicted molar refractivity (Wildman–Crippen MR) is 84.3 cm³/mol. The van der Waals surface area contributed by atoms with E-state index in [9.17, 15) is 0 Å². The number of likely N-dealkylation sites (tertiary alicyclic amines) is 1. The molecule has 3 aliphatic rings. The fourth-order valence-electron chi connectivity index (χ4n) is 4.75. The third kappa shape index (κ3) is 2.36. The highest BCUT2D eigenvalue weighted by Gasteiger charge is 2.41. The van der Waals surface area contributed by atoms with E-state index in [-0.39, 0.29) is 6.04 Å². The zero-order valence-corrected chi connectivity index (χ0v) is 12.7. The van der Waals surface area contributed by atoms with E-state index in [0.717, 1.165) is 24.3 Å². The topological polar surface area (TPSA) is 38.5 Å². The number of fused-ring (bicyclic) bond motifs is 2. The third-order valence-electron chi connectivity index (χ3n) is 5.81. The Bertz CT molecular complexity index is 502. The summed E-state index contributed by atoms with van der Waals surface area (Å²) >= 11 is 0. The highest BCUT2D eigenvalue weighted by atomic mass is 16.5. The molecule has 2 heterocycles. The second-order valence-electron chi connectivity index (χ2n) is 6.93. The monoisotopic (exact) mass is 286 g/mol. The number of rotatable bonds is 1. The van der Waals surface area contributed by atoms with E-state index in [0.29, 0.717) is 6.04 Å². The van der Waals surface area contributed by atoms with Gasteiger partial charge in [0.05, 0.1) is 12.1 Å². The van der Waals surface area contributed by atoms with Gasteiger partial charge in [0.1, 0.15) is 12.4 Å². The van der Waals surface area contributed by atoms with Crippen LogP contribution < -0.4 is 10.5 Å². The number of nitrogens with zero attached hydrogens (tertiary/aromatic N) is 1. The molecule has 3 nitrogen and oxygen atoms in total. The predicted octanol–water partition coefficient (Wildman–Crippen LogP) is 3.10. The summed E-state index contributed by atoms with van der Waals surface area (Å²) < 4.78 is 6.02. The van der Waals surface area contributed by atoms with Crippen LogP contribution in [0, 0.1) is 5.92 Å². The Morgan fingerprint density at radius 1 is 1.00 bits per heavy atom. The van der Waals surface area contributed by atoms with Crippen LogP contribution in [0.4, 0.5) is 0 Å². The lowest BCUT2D eigenvalue weighted by Crippen LogP contribution is -2.57. The van der Waals surface area contributed by atoms with E-state index < -0.39 is 0 Å². The first-order chi connectivity index (χ1) is 10.3. The minimum absolute atomic E-state index is 0.0932. The molecule has 0 aromatic heterocycles. The number of benzene rings is 1. The van der Waals surface area contributed by atoms with Crippen LogP contribution in [0.5, 0.6) is 5.75 Å². The molecule has 2 fully saturated rings. The molecule has 3 heteroatoms. The van der Waals surface area contributed by atoms with Gasteiger partial charge < -0.3 is 10.5 Å². The van der Waals surface area contributed by atoms with Crippen LogP contribution in [0.25, 0.3) is 0 Å². The first-order valence-corrected chi connectivity index (χ1v) is 8.57. The summed E-state index contributed by atoms with van der Waals surface area (Å²) in [6, 6.07) is 9.48. The van der Waals surface area contributed by atoms with Crippen LogP contribution in [0.3, 0.4) is 0 Å². The molecule has 0 bridgehead atoms. The molecular weight excluding hydrogens is 260 g/mol. The second-order valence-corrected chi connectivity index (χ2v) is 6.93. The molecule has 1 aliphatic carbocycles. The average molecular weight is 286 g/mol. The third-order valence-corrected chi connectivity index (χ3v) is 5.81. The van der Waals surface area contributed by atoms with Crippen molar-refractivity contribution in [2.24, 2.45) is 11.7 Å². The van der Waals surface area contributed by atoms with Crippen molar-refractivity contribution in [2.75, 3.05) is 13.2 Å². The van der Waals surface area contributed by atoms with Crippen LogP contribution in [0.1, 0.15) is 50.1 Å². The van der Waals surface area contributed by atoms with Crippen molar-refractivity contribution in [3.63, 3.8) is 0 Å². The Kier molecular flexibility index (Phi) is 3.64. The van der Waals surface area contributed by atoms with Gasteiger partial charge in [-0.3, -0.25) is 4.90 Å². The quantitative estimate of drug-likeness (QED) is 0.862. The molecule has 1 saturated carbocycles. The normalized spacial score (nSPS) is 36.4. The summed E-state index contributed by atoms with van der Waals surface area (Å²) in [4.78, 5) is 2.70. The summed E-state index contributed by atoms with van der Waals surface area (Å²) in [5, 5.41) is 0. The van der Waals surface area contributed by atoms with E-state index >= 15 is 0 Å². The summed E-state index contributed by atoms with van der Waals surface area (Å²) in [5.41, 5.74) is 7.81. The zero-order chi connectivity index (χ0) is 14.2. The molecule has 2 N–H and O–H groups in total. The molecule has 1 aromatic carbocycles. The fourth-order valence-corrected chi connectivity index (χ4v) is 4.75. The van der Waals surface area contributed by atoms with Gasteiger partial charge >= 0.3 is 0 Å². The summed E-state index contributed by atoms with van der Waals surface area (Å²) in [7, 11) is 0. The Morgan fingerprint density at radius 3 is 2.76 bits per heavy atom. The maximum Gasteiger partial charge on any atom is 0.124 e. The number of para-hydroxylation sites is 1. The van der Waals surface area contributed by atoms with Crippen LogP contribution in [0.15, 0.2) is 24.3 Å². The standard InChI is InChI=1S/C18H26N2O/c19-18-14-8-2-4-10-17(14)21-12-16(18)20-11-5-7-13-6-1-3-9-15(13)20/h2,4,8,10,13,15-16,18H,1,3,5-7,9,11-12,19H2/t13-,15-,16?,18?/m1/s1. The Labute approximate surface area is 127 Å². The van der Waals surface area contributed by atoms with Crippen molar-refractivity contribution >= 4 is 0 Å². The van der Waals surface area contributed by atoms with Crippen molar-refractivity contribution in [3.8, 4) is 5.75 Å². The Morgan fingerprint density at radius 2 is 1.81 bits per heavy atom. The van der Waals surface area contributed by atoms with Crippen molar-refractivity contribution in [2.45, 2.75) is 56.7 Å². The van der Waals surface area contributed by atoms with Gasteiger partial charge in [-0.1, -0.05) is 31.0 Å². The molecule has 1 aromatic rings. The molecule has 1 saturated heterocycles. The summed E-state index contributed by atoms with van der Waals surface area (Å²) in [5.74, 6) is 1.88. The fraction of sp³-hybridized carbons (Fsp3) is 0.667. The van der Waals surface area contributed by atoms with Crippen LogP contribution in [-0.4, -0.2) is 30.1 Å². The molecule has 0 radical (unpaired) electrons. The molecule has 2 unspecified atom stereocenters. The average Bonchev–Trinajstić information content (AvgIpc) is 2.55. The van der Waals surface area contributed by atoms with E-state index in [1.54, 1.807) is 0 Å². The van der Waals surface area contributed by atoms with Crippen LogP contribution in [-0.2, 0) is 0 Å². The smallest absolute Gasteiger partial charge is 0.124 e. The number of piperidine rings is 1. The van der Waals surface area contributed by atoms with Gasteiger partial charge in [0, 0.05) is 11.6 Å². The summed E-state index contributed by atoms with van der Waals surface area (Å²) in [6.07, 6.45) is 8.32. The molecule has 4 rings (SSSR count). The minimum Gasteiger partial charge on any atom is -0.492 e. The molecule has 21 heavy (non-hydrogen) atoms. The molecule has 0 spiro atoms. The first kappa shape index (κ1) is 13.6. The highest BCUT2D eigenvalue weighted by molar-refractivity contribution is 5.38. The van der Waals surface area contributed by atoms with E-state index in [1.807, 2.05) is 12.1 Å². The van der Waals surface area contributed by atoms with Gasteiger partial charge in [-0.2, -0.15) is 0 Å². The van der Waals surface area contributed by atoms with Gasteiger partial charge in [0.25, 0.3) is 0 Å². The van der Waals surface area contributed by atoms with Gasteiger partial charge in [-0.05, 0) is 44.2 Å². The van der Waals surface area contributed by atoms with Gasteiger partial charge in [-0.25, -0.2) is 0 Å². The molecule has 0 amide bonds. The lowest BCUT2D eigenvalue weighted by Gasteiger charge is -2.50. The van der Waals surface area contributed by atoms with Crippen molar-refractivity contribution in [3.05, 3.63) is 29.8 Å². The van der Waals surface area contributed by atoms with Crippen LogP contribution >= 0.6 is 0 Å². The molecule has 114 valence electrons. The molecule has 4 atom stereocenters. The zero-order valence-electron chi connectivity index (χ0n) is 12.7. The maximum atomic E-state index is 6.62. The maximum absolute atomic E-state index is 6.62. The van der Waals surface area contributed by atoms with Gasteiger partial charge in [0.15, 0.2) is 0 Å². The largest absolute Gasteiger partial charge is 0.492 e. The lowest BCUT2D eigenvalue weighted by atomic mass is 9.77. The number of hydrogen-bond donors (Lipinski definition) is 1. The van der Waals surface area contributed by atoms with Crippen LogP contribution in [0.2, 0.25) is 0 Å². The van der Waals surface area contributed by atoms with E-state index in [4.69, 9.17) is 10.5 Å². The van der Waals surface area contributed by atoms with Gasteiger partial charge in [0.2, 0.25) is 0 Å². The van der Waals surface area contributed by atoms with Gasteiger partial charge in [-0.15, -0.1) is 0 Å². The van der Waals surface area contributed by atoms with Crippen molar-refractivity contribution in [1.29, 1.82) is 0 Å². The summed E-state index contributed by atoms with van der Waals surface area (Å²) in [6.45, 7) is 1.95. The SMILES string of the molecule is NC1c2ccccc2OCC1N1CCC[C@H]2CCCC[C@H]21. The van der Waals surface area contributed by atoms with Crippen molar-refractivity contribution in [1.82, 2.24) is 4.90 Å². The highest BCUT2D eigenvalue weighted by Crippen LogP contribution is 2.40. The molecule has 2 aliphatic heterocycles. The Balaban J connectivity index is 1.58. The number of nitrogens with two attached hydrogens (primary N) is 1. The second kappa shape index (κ2) is 5.62. The lowest BCUT2D eigenvalue weighted by molar-refractivity contribution is -0.00668. The molecular formula is C18H26N2O. The number of hydrogen-bond acceptors (Lipinski definition) is 3. The van der Waals surface area contributed by atoms with E-state index in [2.05, 4.69) is 17.0 Å². The number of ether oxygens (including phenoxy) is 1. The Hall–Kier alpha value is -1.06. The van der Waals surface area contributed by atoms with E-state index in [1.165, 1.54) is 50.6 Å². The minimum atomic E-state index is 0.0932.